The van der Waals surface area contributed by atoms with E-state index in [0.29, 0.717) is 36.2 Å². The molecule has 1 aliphatic heterocycles. The predicted octanol–water partition coefficient (Wildman–Crippen LogP) is 3.34. The van der Waals surface area contributed by atoms with E-state index in [2.05, 4.69) is 5.32 Å². The quantitative estimate of drug-likeness (QED) is 0.801. The van der Waals surface area contributed by atoms with Crippen molar-refractivity contribution in [1.29, 1.82) is 0 Å². The van der Waals surface area contributed by atoms with Crippen LogP contribution in [-0.4, -0.2) is 31.5 Å². The molecule has 2 saturated carbocycles. The molecule has 2 atom stereocenters. The second-order valence-electron chi connectivity index (χ2n) is 8.22. The van der Waals surface area contributed by atoms with E-state index in [-0.39, 0.29) is 36.2 Å². The third-order valence-electron chi connectivity index (χ3n) is 6.60. The molecular formula is C21H30ClN3O3. The molecule has 6 nitrogen and oxygen atoms in total. The number of amides is 2. The van der Waals surface area contributed by atoms with Gasteiger partial charge in [-0.1, -0.05) is 6.42 Å². The first kappa shape index (κ1) is 20.9. The van der Waals surface area contributed by atoms with Gasteiger partial charge in [-0.25, -0.2) is 0 Å². The summed E-state index contributed by atoms with van der Waals surface area (Å²) in [4.78, 5) is 26.6. The Labute approximate surface area is 172 Å². The van der Waals surface area contributed by atoms with Gasteiger partial charge in [-0.2, -0.15) is 0 Å². The summed E-state index contributed by atoms with van der Waals surface area (Å²) in [6, 6.07) is 5.80. The molecule has 3 fully saturated rings. The zero-order valence-corrected chi connectivity index (χ0v) is 17.2. The topological polar surface area (TPSA) is 84.7 Å². The molecule has 4 rings (SSSR count). The van der Waals surface area contributed by atoms with Crippen molar-refractivity contribution in [2.75, 3.05) is 23.9 Å². The molecule has 28 heavy (non-hydrogen) atoms. The Morgan fingerprint density at radius 3 is 2.54 bits per heavy atom. The van der Waals surface area contributed by atoms with E-state index in [1.165, 1.54) is 6.42 Å². The van der Waals surface area contributed by atoms with Gasteiger partial charge in [0, 0.05) is 36.7 Å². The van der Waals surface area contributed by atoms with Gasteiger partial charge in [0.2, 0.25) is 11.8 Å². The number of rotatable bonds is 4. The summed E-state index contributed by atoms with van der Waals surface area (Å²) in [5.41, 5.74) is 7.83. The second kappa shape index (κ2) is 8.70. The van der Waals surface area contributed by atoms with Crippen molar-refractivity contribution in [3.8, 4) is 5.75 Å². The minimum Gasteiger partial charge on any atom is -0.494 e. The number of nitrogens with one attached hydrogen (secondary N) is 1. The van der Waals surface area contributed by atoms with Crippen LogP contribution in [0.5, 0.6) is 5.75 Å². The lowest BCUT2D eigenvalue weighted by molar-refractivity contribution is -0.122. The number of anilines is 2. The Kier molecular flexibility index (Phi) is 6.50. The summed E-state index contributed by atoms with van der Waals surface area (Å²) >= 11 is 0. The van der Waals surface area contributed by atoms with E-state index >= 15 is 0 Å². The van der Waals surface area contributed by atoms with Gasteiger partial charge in [-0.05, 0) is 56.1 Å². The van der Waals surface area contributed by atoms with Crippen LogP contribution < -0.4 is 20.7 Å². The van der Waals surface area contributed by atoms with Crippen LogP contribution in [0.1, 0.15) is 44.9 Å². The highest BCUT2D eigenvalue weighted by atomic mass is 35.5. The Morgan fingerprint density at radius 2 is 1.93 bits per heavy atom. The largest absolute Gasteiger partial charge is 0.494 e. The van der Waals surface area contributed by atoms with Crippen LogP contribution in [-0.2, 0) is 9.59 Å². The molecule has 1 heterocycles. The number of hydrogen-bond acceptors (Lipinski definition) is 4. The number of halogens is 1. The van der Waals surface area contributed by atoms with Crippen LogP contribution in [0.2, 0.25) is 0 Å². The molecule has 2 amide bonds. The number of carbonyl (C=O) groups is 2. The third kappa shape index (κ3) is 3.98. The number of benzene rings is 1. The van der Waals surface area contributed by atoms with Crippen molar-refractivity contribution in [2.45, 2.75) is 51.0 Å². The van der Waals surface area contributed by atoms with Crippen molar-refractivity contribution < 1.29 is 14.3 Å². The number of methoxy groups -OCH3 is 1. The van der Waals surface area contributed by atoms with Gasteiger partial charge >= 0.3 is 0 Å². The van der Waals surface area contributed by atoms with Crippen molar-refractivity contribution in [2.24, 2.45) is 23.5 Å². The maximum Gasteiger partial charge on any atom is 0.227 e. The Hall–Kier alpha value is -1.79. The Morgan fingerprint density at radius 1 is 1.21 bits per heavy atom. The third-order valence-corrected chi connectivity index (χ3v) is 6.60. The van der Waals surface area contributed by atoms with Gasteiger partial charge in [0.15, 0.2) is 0 Å². The molecule has 2 bridgehead atoms. The van der Waals surface area contributed by atoms with Crippen LogP contribution in [0.4, 0.5) is 11.4 Å². The number of nitrogens with two attached hydrogens (primary N) is 1. The molecule has 2 unspecified atom stereocenters. The summed E-state index contributed by atoms with van der Waals surface area (Å²) in [5, 5.41) is 3.06. The molecule has 0 aromatic heterocycles. The standard InChI is InChI=1S/C21H29N3O3.ClH/c1-27-18-12-16(7-8-17(18)24-9-3-6-19(24)25)23-21(26)15-10-13-4-2-5-14(11-15)20(13)22;/h7-8,12-15,20H,2-6,9-11,22H2,1H3,(H,23,26);1H. The summed E-state index contributed by atoms with van der Waals surface area (Å²) in [6.45, 7) is 0.714. The van der Waals surface area contributed by atoms with Crippen molar-refractivity contribution in [3.63, 3.8) is 0 Å². The second-order valence-corrected chi connectivity index (χ2v) is 8.22. The molecule has 2 aliphatic carbocycles. The number of nitrogens with zero attached hydrogens (tertiary/aromatic N) is 1. The molecule has 1 aromatic carbocycles. The molecule has 154 valence electrons. The van der Waals surface area contributed by atoms with E-state index in [0.717, 1.165) is 37.8 Å². The number of hydrogen-bond donors (Lipinski definition) is 2. The first-order valence-corrected chi connectivity index (χ1v) is 10.1. The minimum absolute atomic E-state index is 0. The molecule has 0 radical (unpaired) electrons. The molecule has 1 saturated heterocycles. The number of ether oxygens (including phenoxy) is 1. The summed E-state index contributed by atoms with van der Waals surface area (Å²) < 4.78 is 5.49. The van der Waals surface area contributed by atoms with Crippen LogP contribution in [0.15, 0.2) is 18.2 Å². The van der Waals surface area contributed by atoms with Gasteiger partial charge < -0.3 is 20.7 Å². The predicted molar refractivity (Wildman–Crippen MR) is 112 cm³/mol. The highest BCUT2D eigenvalue weighted by molar-refractivity contribution is 5.98. The fourth-order valence-corrected chi connectivity index (χ4v) is 5.13. The molecule has 0 spiro atoms. The van der Waals surface area contributed by atoms with E-state index in [9.17, 15) is 9.59 Å². The summed E-state index contributed by atoms with van der Waals surface area (Å²) in [5.74, 6) is 1.80. The average Bonchev–Trinajstić information content (AvgIpc) is 3.07. The zero-order chi connectivity index (χ0) is 19.0. The lowest BCUT2D eigenvalue weighted by atomic mass is 9.65. The highest BCUT2D eigenvalue weighted by Gasteiger charge is 2.40. The van der Waals surface area contributed by atoms with Gasteiger partial charge in [-0.3, -0.25) is 9.59 Å². The van der Waals surface area contributed by atoms with Crippen molar-refractivity contribution >= 4 is 35.6 Å². The Bertz CT molecular complexity index is 728. The van der Waals surface area contributed by atoms with E-state index < -0.39 is 0 Å². The van der Waals surface area contributed by atoms with E-state index in [1.807, 2.05) is 18.2 Å². The zero-order valence-electron chi connectivity index (χ0n) is 16.4. The van der Waals surface area contributed by atoms with Gasteiger partial charge in [0.05, 0.1) is 12.8 Å². The summed E-state index contributed by atoms with van der Waals surface area (Å²) in [7, 11) is 1.59. The molecular weight excluding hydrogens is 378 g/mol. The van der Waals surface area contributed by atoms with Crippen LogP contribution in [0.25, 0.3) is 0 Å². The van der Waals surface area contributed by atoms with Crippen LogP contribution in [0.3, 0.4) is 0 Å². The molecule has 1 aromatic rings. The smallest absolute Gasteiger partial charge is 0.227 e. The van der Waals surface area contributed by atoms with E-state index in [4.69, 9.17) is 10.5 Å². The fraction of sp³-hybridized carbons (Fsp3) is 0.619. The maximum atomic E-state index is 12.8. The first-order valence-electron chi connectivity index (χ1n) is 10.1. The highest BCUT2D eigenvalue weighted by Crippen LogP contribution is 2.42. The summed E-state index contributed by atoms with van der Waals surface area (Å²) in [6.07, 6.45) is 6.76. The minimum atomic E-state index is 0. The van der Waals surface area contributed by atoms with E-state index in [1.54, 1.807) is 12.0 Å². The Balaban J connectivity index is 0.00000225. The molecule has 7 heteroatoms. The lowest BCUT2D eigenvalue weighted by Gasteiger charge is -2.43. The molecule has 3 aliphatic rings. The van der Waals surface area contributed by atoms with Gasteiger partial charge in [0.25, 0.3) is 0 Å². The molecule has 3 N–H and O–H groups in total. The van der Waals surface area contributed by atoms with Crippen LogP contribution >= 0.6 is 12.4 Å². The monoisotopic (exact) mass is 407 g/mol. The van der Waals surface area contributed by atoms with Gasteiger partial charge in [-0.15, -0.1) is 12.4 Å². The number of fused-ring (bicyclic) bond motifs is 2. The lowest BCUT2D eigenvalue weighted by Crippen LogP contribution is -2.48. The number of carbonyl (C=O) groups excluding carboxylic acids is 2. The maximum absolute atomic E-state index is 12.8. The fourth-order valence-electron chi connectivity index (χ4n) is 5.13. The van der Waals surface area contributed by atoms with Gasteiger partial charge in [0.1, 0.15) is 5.75 Å². The van der Waals surface area contributed by atoms with Crippen molar-refractivity contribution in [3.05, 3.63) is 18.2 Å². The normalized spacial score (nSPS) is 29.2. The SMILES string of the molecule is COc1cc(NC(=O)C2CC3CCCC(C2)C3N)ccc1N1CCCC1=O.Cl. The van der Waals surface area contributed by atoms with Crippen LogP contribution in [0, 0.1) is 17.8 Å². The average molecular weight is 408 g/mol. The van der Waals surface area contributed by atoms with Crippen molar-refractivity contribution in [1.82, 2.24) is 0 Å². The first-order chi connectivity index (χ1) is 13.1.